The summed E-state index contributed by atoms with van der Waals surface area (Å²) in [6, 6.07) is 7.33. The Hall–Kier alpha value is -2.35. The molecule has 0 aliphatic heterocycles. The van der Waals surface area contributed by atoms with Gasteiger partial charge in [-0.05, 0) is 31.9 Å². The van der Waals surface area contributed by atoms with Crippen molar-refractivity contribution in [3.05, 3.63) is 35.7 Å². The van der Waals surface area contributed by atoms with E-state index in [2.05, 4.69) is 20.8 Å². The van der Waals surface area contributed by atoms with Crippen LogP contribution in [0.4, 0.5) is 5.69 Å². The number of anilines is 1. The van der Waals surface area contributed by atoms with Crippen LogP contribution in [-0.2, 0) is 11.8 Å². The molecule has 3 rings (SSSR count). The lowest BCUT2D eigenvalue weighted by Gasteiger charge is -2.15. The summed E-state index contributed by atoms with van der Waals surface area (Å²) in [5.41, 5.74) is 1.02. The van der Waals surface area contributed by atoms with Crippen molar-refractivity contribution >= 4 is 29.3 Å². The van der Waals surface area contributed by atoms with Gasteiger partial charge in [-0.3, -0.25) is 9.59 Å². The van der Waals surface area contributed by atoms with Gasteiger partial charge in [0.25, 0.3) is 5.91 Å². The van der Waals surface area contributed by atoms with E-state index < -0.39 is 0 Å². The summed E-state index contributed by atoms with van der Waals surface area (Å²) in [6.45, 7) is 1.86. The van der Waals surface area contributed by atoms with Crippen LogP contribution < -0.4 is 10.6 Å². The topological polar surface area (TPSA) is 88.9 Å². The molecule has 1 aromatic carbocycles. The Balaban J connectivity index is 1.61. The molecular formula is C18H23N5O2S. The van der Waals surface area contributed by atoms with Crippen LogP contribution in [0.15, 0.2) is 29.4 Å². The van der Waals surface area contributed by atoms with Crippen molar-refractivity contribution in [2.45, 2.75) is 43.8 Å². The van der Waals surface area contributed by atoms with Crippen LogP contribution >= 0.6 is 11.8 Å². The van der Waals surface area contributed by atoms with E-state index in [4.69, 9.17) is 0 Å². The van der Waals surface area contributed by atoms with E-state index in [0.717, 1.165) is 31.5 Å². The molecule has 7 nitrogen and oxygen atoms in total. The van der Waals surface area contributed by atoms with Crippen molar-refractivity contribution in [3.63, 3.8) is 0 Å². The maximum Gasteiger partial charge on any atom is 0.253 e. The fraction of sp³-hybridized carbons (Fsp3) is 0.444. The first kappa shape index (κ1) is 18.4. The standard InChI is InChI=1S/C18H23N5O2S/c1-12-21-22-18(23(12)2)26-11-16(24)20-15-10-6-5-9-14(15)17(25)19-13-7-3-4-8-13/h5-6,9-10,13H,3-4,7-8,11H2,1-2H3,(H,19,25)(H,20,24). The molecule has 26 heavy (non-hydrogen) atoms. The first-order valence-corrected chi connectivity index (χ1v) is 9.71. The molecule has 1 aliphatic rings. The molecule has 138 valence electrons. The highest BCUT2D eigenvalue weighted by molar-refractivity contribution is 7.99. The zero-order valence-corrected chi connectivity index (χ0v) is 15.8. The second kappa shape index (κ2) is 8.35. The molecule has 2 N–H and O–H groups in total. The van der Waals surface area contributed by atoms with Gasteiger partial charge in [0.2, 0.25) is 5.91 Å². The SMILES string of the molecule is Cc1nnc(SCC(=O)Nc2ccccc2C(=O)NC2CCCC2)n1C. The monoisotopic (exact) mass is 373 g/mol. The zero-order chi connectivity index (χ0) is 18.5. The predicted octanol–water partition coefficient (Wildman–Crippen LogP) is 2.53. The lowest BCUT2D eigenvalue weighted by atomic mass is 10.1. The number of carbonyl (C=O) groups excluding carboxylic acids is 2. The highest BCUT2D eigenvalue weighted by Gasteiger charge is 2.20. The van der Waals surface area contributed by atoms with Gasteiger partial charge in [-0.1, -0.05) is 36.7 Å². The molecule has 8 heteroatoms. The van der Waals surface area contributed by atoms with E-state index in [1.54, 1.807) is 24.3 Å². The Morgan fingerprint density at radius 1 is 1.23 bits per heavy atom. The van der Waals surface area contributed by atoms with Crippen molar-refractivity contribution in [2.24, 2.45) is 7.05 Å². The molecule has 2 amide bonds. The number of aromatic nitrogens is 3. The van der Waals surface area contributed by atoms with E-state index in [-0.39, 0.29) is 23.6 Å². The van der Waals surface area contributed by atoms with Gasteiger partial charge in [-0.2, -0.15) is 0 Å². The van der Waals surface area contributed by atoms with Crippen LogP contribution in [0.5, 0.6) is 0 Å². The van der Waals surface area contributed by atoms with Crippen LogP contribution in [0.1, 0.15) is 41.9 Å². The number of hydrogen-bond acceptors (Lipinski definition) is 5. The number of nitrogens with zero attached hydrogens (tertiary/aromatic N) is 3. The van der Waals surface area contributed by atoms with Gasteiger partial charge in [0.15, 0.2) is 5.16 Å². The van der Waals surface area contributed by atoms with Crippen molar-refractivity contribution in [1.29, 1.82) is 0 Å². The second-order valence-electron chi connectivity index (χ2n) is 6.43. The number of thioether (sulfide) groups is 1. The number of rotatable bonds is 6. The molecular weight excluding hydrogens is 350 g/mol. The summed E-state index contributed by atoms with van der Waals surface area (Å²) < 4.78 is 1.83. The summed E-state index contributed by atoms with van der Waals surface area (Å²) in [6.07, 6.45) is 4.35. The third kappa shape index (κ3) is 4.43. The Morgan fingerprint density at radius 2 is 1.96 bits per heavy atom. The number of nitrogens with one attached hydrogen (secondary N) is 2. The van der Waals surface area contributed by atoms with Crippen LogP contribution in [0.3, 0.4) is 0 Å². The number of benzene rings is 1. The molecule has 0 saturated heterocycles. The molecule has 1 aromatic heterocycles. The normalized spacial score (nSPS) is 14.4. The molecule has 1 saturated carbocycles. The summed E-state index contributed by atoms with van der Waals surface area (Å²) >= 11 is 1.31. The number of hydrogen-bond donors (Lipinski definition) is 2. The summed E-state index contributed by atoms with van der Waals surface area (Å²) in [5.74, 6) is 0.674. The minimum Gasteiger partial charge on any atom is -0.349 e. The average Bonchev–Trinajstić information content (AvgIpc) is 3.25. The summed E-state index contributed by atoms with van der Waals surface area (Å²) in [5, 5.41) is 14.6. The van der Waals surface area contributed by atoms with Gasteiger partial charge in [-0.15, -0.1) is 10.2 Å². The molecule has 2 aromatic rings. The second-order valence-corrected chi connectivity index (χ2v) is 7.37. The van der Waals surface area contributed by atoms with Crippen molar-refractivity contribution < 1.29 is 9.59 Å². The molecule has 1 aliphatic carbocycles. The van der Waals surface area contributed by atoms with Gasteiger partial charge >= 0.3 is 0 Å². The van der Waals surface area contributed by atoms with Gasteiger partial charge in [0, 0.05) is 13.1 Å². The van der Waals surface area contributed by atoms with Crippen molar-refractivity contribution in [3.8, 4) is 0 Å². The Labute approximate surface area is 157 Å². The maximum atomic E-state index is 12.5. The lowest BCUT2D eigenvalue weighted by molar-refractivity contribution is -0.113. The van der Waals surface area contributed by atoms with Gasteiger partial charge < -0.3 is 15.2 Å². The first-order valence-electron chi connectivity index (χ1n) is 8.73. The number of para-hydroxylation sites is 1. The minimum absolute atomic E-state index is 0.135. The Kier molecular flexibility index (Phi) is 5.92. The van der Waals surface area contributed by atoms with E-state index >= 15 is 0 Å². The van der Waals surface area contributed by atoms with Crippen LogP contribution in [0.2, 0.25) is 0 Å². The predicted molar refractivity (Wildman–Crippen MR) is 101 cm³/mol. The quantitative estimate of drug-likeness (QED) is 0.760. The molecule has 0 atom stereocenters. The van der Waals surface area contributed by atoms with E-state index in [1.165, 1.54) is 11.8 Å². The first-order chi connectivity index (χ1) is 12.5. The fourth-order valence-corrected chi connectivity index (χ4v) is 3.71. The largest absolute Gasteiger partial charge is 0.349 e. The summed E-state index contributed by atoms with van der Waals surface area (Å²) in [4.78, 5) is 24.8. The third-order valence-corrected chi connectivity index (χ3v) is 5.54. The average molecular weight is 373 g/mol. The van der Waals surface area contributed by atoms with Crippen molar-refractivity contribution in [2.75, 3.05) is 11.1 Å². The fourth-order valence-electron chi connectivity index (χ4n) is 2.95. The molecule has 1 fully saturated rings. The Bertz CT molecular complexity index is 799. The van der Waals surface area contributed by atoms with Crippen LogP contribution in [-0.4, -0.2) is 38.4 Å². The number of amides is 2. The van der Waals surface area contributed by atoms with Gasteiger partial charge in [-0.25, -0.2) is 0 Å². The van der Waals surface area contributed by atoms with Gasteiger partial charge in [0.05, 0.1) is 17.0 Å². The van der Waals surface area contributed by atoms with Gasteiger partial charge in [0.1, 0.15) is 5.82 Å². The minimum atomic E-state index is -0.184. The van der Waals surface area contributed by atoms with Crippen molar-refractivity contribution in [1.82, 2.24) is 20.1 Å². The molecule has 0 radical (unpaired) electrons. The molecule has 0 unspecified atom stereocenters. The maximum absolute atomic E-state index is 12.5. The molecule has 0 spiro atoms. The van der Waals surface area contributed by atoms with E-state index in [9.17, 15) is 9.59 Å². The smallest absolute Gasteiger partial charge is 0.253 e. The highest BCUT2D eigenvalue weighted by atomic mass is 32.2. The molecule has 0 bridgehead atoms. The summed E-state index contributed by atoms with van der Waals surface area (Å²) in [7, 11) is 1.86. The van der Waals surface area contributed by atoms with E-state index in [0.29, 0.717) is 16.4 Å². The Morgan fingerprint density at radius 3 is 2.65 bits per heavy atom. The third-order valence-electron chi connectivity index (χ3n) is 4.52. The highest BCUT2D eigenvalue weighted by Crippen LogP contribution is 2.21. The zero-order valence-electron chi connectivity index (χ0n) is 15.0. The number of carbonyl (C=O) groups is 2. The van der Waals surface area contributed by atoms with Crippen LogP contribution in [0.25, 0.3) is 0 Å². The van der Waals surface area contributed by atoms with E-state index in [1.807, 2.05) is 18.5 Å². The van der Waals surface area contributed by atoms with Crippen LogP contribution in [0, 0.1) is 6.92 Å². The molecule has 1 heterocycles. The number of aryl methyl sites for hydroxylation is 1. The lowest BCUT2D eigenvalue weighted by Crippen LogP contribution is -2.33.